The van der Waals surface area contributed by atoms with Gasteiger partial charge in [-0.1, -0.05) is 0 Å². The minimum atomic E-state index is -5.05. The second-order valence-corrected chi connectivity index (χ2v) is 7.17. The summed E-state index contributed by atoms with van der Waals surface area (Å²) in [6, 6.07) is 3.54. The minimum Gasteiger partial charge on any atom is -0.488 e. The number of aromatic nitrogens is 1. The van der Waals surface area contributed by atoms with Crippen LogP contribution in [0.5, 0.6) is 5.75 Å². The van der Waals surface area contributed by atoms with Crippen molar-refractivity contribution in [3.05, 3.63) is 58.9 Å². The van der Waals surface area contributed by atoms with E-state index in [0.29, 0.717) is 25.0 Å². The second kappa shape index (κ2) is 8.67. The zero-order chi connectivity index (χ0) is 23.7. The zero-order valence-electron chi connectivity index (χ0n) is 16.3. The van der Waals surface area contributed by atoms with Crippen LogP contribution >= 0.6 is 0 Å². The van der Waals surface area contributed by atoms with E-state index in [9.17, 15) is 35.9 Å². The first kappa shape index (κ1) is 23.4. The smallest absolute Gasteiger partial charge is 0.416 e. The number of pyridine rings is 1. The summed E-state index contributed by atoms with van der Waals surface area (Å²) >= 11 is 0. The number of nitrogens with zero attached hydrogens (tertiary/aromatic N) is 2. The molecule has 1 aliphatic heterocycles. The average molecular weight is 461 g/mol. The number of carbonyl (C=O) groups is 2. The Morgan fingerprint density at radius 3 is 2.22 bits per heavy atom. The molecule has 2 amide bonds. The number of amides is 2. The number of hydrogen-bond donors (Lipinski definition) is 1. The van der Waals surface area contributed by atoms with Gasteiger partial charge in [0.2, 0.25) is 0 Å². The summed E-state index contributed by atoms with van der Waals surface area (Å²) in [5, 5.41) is 0. The molecule has 2 N–H and O–H groups in total. The number of likely N-dealkylation sites (tertiary alicyclic amines) is 1. The SMILES string of the molecule is NC(=O)c1cc(OC2CCCN(C(=O)c3cc(C(F)(F)F)cc(C(F)(F)F)c3)C2)ccn1. The fraction of sp³-hybridized carbons (Fsp3) is 0.350. The number of rotatable bonds is 4. The summed E-state index contributed by atoms with van der Waals surface area (Å²) in [6.45, 7) is 0.0732. The third-order valence-corrected chi connectivity index (χ3v) is 4.79. The molecule has 1 aliphatic rings. The van der Waals surface area contributed by atoms with Crippen molar-refractivity contribution < 1.29 is 40.7 Å². The van der Waals surface area contributed by atoms with Crippen molar-refractivity contribution in [2.45, 2.75) is 31.3 Å². The Labute approximate surface area is 178 Å². The summed E-state index contributed by atoms with van der Waals surface area (Å²) in [4.78, 5) is 28.9. The van der Waals surface area contributed by atoms with Gasteiger partial charge in [0, 0.05) is 24.4 Å². The lowest BCUT2D eigenvalue weighted by Gasteiger charge is -2.33. The first-order valence-electron chi connectivity index (χ1n) is 9.36. The topological polar surface area (TPSA) is 85.5 Å². The lowest BCUT2D eigenvalue weighted by atomic mass is 10.0. The summed E-state index contributed by atoms with van der Waals surface area (Å²) in [6.07, 6.45) is -8.51. The minimum absolute atomic E-state index is 0.0291. The van der Waals surface area contributed by atoms with Gasteiger partial charge in [-0.2, -0.15) is 26.3 Å². The van der Waals surface area contributed by atoms with Crippen LogP contribution in [0.4, 0.5) is 26.3 Å². The Hall–Kier alpha value is -3.31. The van der Waals surface area contributed by atoms with Gasteiger partial charge in [-0.15, -0.1) is 0 Å². The number of ether oxygens (including phenoxy) is 1. The van der Waals surface area contributed by atoms with E-state index in [1.165, 1.54) is 18.3 Å². The van der Waals surface area contributed by atoms with Crippen molar-refractivity contribution in [3.63, 3.8) is 0 Å². The molecular formula is C20H17F6N3O3. The van der Waals surface area contributed by atoms with E-state index in [2.05, 4.69) is 4.98 Å². The van der Waals surface area contributed by atoms with Gasteiger partial charge >= 0.3 is 12.4 Å². The summed E-state index contributed by atoms with van der Waals surface area (Å²) in [5.41, 5.74) is 1.28. The van der Waals surface area contributed by atoms with E-state index >= 15 is 0 Å². The van der Waals surface area contributed by atoms with Crippen molar-refractivity contribution in [3.8, 4) is 5.75 Å². The van der Waals surface area contributed by atoms with Crippen LogP contribution in [0.15, 0.2) is 36.5 Å². The molecule has 0 aliphatic carbocycles. The van der Waals surface area contributed by atoms with E-state index in [4.69, 9.17) is 10.5 Å². The fourth-order valence-corrected chi connectivity index (χ4v) is 3.29. The van der Waals surface area contributed by atoms with E-state index in [-0.39, 0.29) is 30.6 Å². The van der Waals surface area contributed by atoms with Gasteiger partial charge in [-0.25, -0.2) is 0 Å². The number of hydrogen-bond acceptors (Lipinski definition) is 4. The molecule has 6 nitrogen and oxygen atoms in total. The molecular weight excluding hydrogens is 444 g/mol. The number of halogens is 6. The molecule has 32 heavy (non-hydrogen) atoms. The molecule has 1 aromatic carbocycles. The van der Waals surface area contributed by atoms with Gasteiger partial charge in [0.05, 0.1) is 17.7 Å². The van der Waals surface area contributed by atoms with Crippen LogP contribution in [0.3, 0.4) is 0 Å². The van der Waals surface area contributed by atoms with Gasteiger partial charge in [0.1, 0.15) is 17.5 Å². The summed E-state index contributed by atoms with van der Waals surface area (Å²) in [7, 11) is 0. The van der Waals surface area contributed by atoms with Crippen LogP contribution in [0.1, 0.15) is 44.8 Å². The molecule has 1 unspecified atom stereocenters. The number of carbonyl (C=O) groups excluding carboxylic acids is 2. The Bertz CT molecular complexity index is 990. The maximum absolute atomic E-state index is 13.1. The van der Waals surface area contributed by atoms with Crippen molar-refractivity contribution >= 4 is 11.8 Å². The van der Waals surface area contributed by atoms with Crippen molar-refractivity contribution in [1.82, 2.24) is 9.88 Å². The van der Waals surface area contributed by atoms with Crippen molar-refractivity contribution in [1.29, 1.82) is 0 Å². The van der Waals surface area contributed by atoms with Crippen LogP contribution in [-0.4, -0.2) is 40.9 Å². The molecule has 0 radical (unpaired) electrons. The van der Waals surface area contributed by atoms with Crippen LogP contribution in [0, 0.1) is 0 Å². The molecule has 1 fully saturated rings. The van der Waals surface area contributed by atoms with E-state index in [0.717, 1.165) is 4.90 Å². The molecule has 12 heteroatoms. The largest absolute Gasteiger partial charge is 0.488 e. The highest BCUT2D eigenvalue weighted by molar-refractivity contribution is 5.95. The Kier molecular flexibility index (Phi) is 6.33. The van der Waals surface area contributed by atoms with Crippen LogP contribution in [0.2, 0.25) is 0 Å². The molecule has 3 rings (SSSR count). The van der Waals surface area contributed by atoms with Gasteiger partial charge < -0.3 is 15.4 Å². The monoisotopic (exact) mass is 461 g/mol. The molecule has 172 valence electrons. The summed E-state index contributed by atoms with van der Waals surface area (Å²) < 4.78 is 84.2. The van der Waals surface area contributed by atoms with Crippen LogP contribution in [-0.2, 0) is 12.4 Å². The van der Waals surface area contributed by atoms with Crippen molar-refractivity contribution in [2.75, 3.05) is 13.1 Å². The third kappa shape index (κ3) is 5.48. The average Bonchev–Trinajstić information content (AvgIpc) is 2.72. The molecule has 1 saturated heterocycles. The number of alkyl halides is 6. The number of piperidine rings is 1. The van der Waals surface area contributed by atoms with Gasteiger partial charge in [0.25, 0.3) is 11.8 Å². The molecule has 2 aromatic rings. The first-order valence-corrected chi connectivity index (χ1v) is 9.36. The van der Waals surface area contributed by atoms with E-state index < -0.39 is 47.0 Å². The first-order chi connectivity index (χ1) is 14.8. The predicted octanol–water partition coefficient (Wildman–Crippen LogP) is 3.90. The third-order valence-electron chi connectivity index (χ3n) is 4.79. The van der Waals surface area contributed by atoms with E-state index in [1.807, 2.05) is 0 Å². The molecule has 0 bridgehead atoms. The lowest BCUT2D eigenvalue weighted by Crippen LogP contribution is -2.44. The van der Waals surface area contributed by atoms with Gasteiger partial charge in [0.15, 0.2) is 0 Å². The highest BCUT2D eigenvalue weighted by atomic mass is 19.4. The van der Waals surface area contributed by atoms with Crippen LogP contribution < -0.4 is 10.5 Å². The predicted molar refractivity (Wildman–Crippen MR) is 98.8 cm³/mol. The van der Waals surface area contributed by atoms with Gasteiger partial charge in [-0.3, -0.25) is 14.6 Å². The Balaban J connectivity index is 1.82. The van der Waals surface area contributed by atoms with Crippen LogP contribution in [0.25, 0.3) is 0 Å². The lowest BCUT2D eigenvalue weighted by molar-refractivity contribution is -0.143. The standard InChI is InChI=1S/C20H17F6N3O3/c21-19(22,23)12-6-11(7-13(8-12)20(24,25)26)18(31)29-5-1-2-15(10-29)32-14-3-4-28-16(9-14)17(27)30/h3-4,6-9,15H,1-2,5,10H2,(H2,27,30). The zero-order valence-corrected chi connectivity index (χ0v) is 16.3. The quantitative estimate of drug-likeness (QED) is 0.700. The molecule has 0 saturated carbocycles. The highest BCUT2D eigenvalue weighted by Crippen LogP contribution is 2.36. The highest BCUT2D eigenvalue weighted by Gasteiger charge is 2.38. The Morgan fingerprint density at radius 1 is 1.03 bits per heavy atom. The molecule has 1 aromatic heterocycles. The summed E-state index contributed by atoms with van der Waals surface area (Å²) in [5.74, 6) is -1.50. The van der Waals surface area contributed by atoms with Gasteiger partial charge in [-0.05, 0) is 37.1 Å². The fourth-order valence-electron chi connectivity index (χ4n) is 3.29. The Morgan fingerprint density at radius 2 is 1.66 bits per heavy atom. The maximum Gasteiger partial charge on any atom is 0.416 e. The molecule has 1 atom stereocenters. The number of benzene rings is 1. The molecule has 0 spiro atoms. The number of nitrogens with two attached hydrogens (primary N) is 1. The van der Waals surface area contributed by atoms with Crippen molar-refractivity contribution in [2.24, 2.45) is 5.73 Å². The normalized spacial score (nSPS) is 17.2. The van der Waals surface area contributed by atoms with E-state index in [1.54, 1.807) is 0 Å². The maximum atomic E-state index is 13.1. The number of primary amides is 1. The molecule has 2 heterocycles. The second-order valence-electron chi connectivity index (χ2n) is 7.17.